The van der Waals surface area contributed by atoms with Gasteiger partial charge in [0, 0.05) is 0 Å². The van der Waals surface area contributed by atoms with Crippen LogP contribution in [0.15, 0.2) is 43.0 Å². The third kappa shape index (κ3) is 3.89. The number of aromatic amines is 1. The van der Waals surface area contributed by atoms with Gasteiger partial charge in [0.25, 0.3) is 0 Å². The second-order valence-electron chi connectivity index (χ2n) is 3.76. The molecule has 0 aliphatic heterocycles. The third-order valence-corrected chi connectivity index (χ3v) is 2.66. The summed E-state index contributed by atoms with van der Waals surface area (Å²) in [6.07, 6.45) is 8.11. The molecule has 2 aromatic rings. The van der Waals surface area contributed by atoms with Crippen LogP contribution in [0.2, 0.25) is 0 Å². The highest BCUT2D eigenvalue weighted by molar-refractivity contribution is 5.33. The van der Waals surface area contributed by atoms with Gasteiger partial charge in [0.1, 0.15) is 18.1 Å². The van der Waals surface area contributed by atoms with E-state index in [-0.39, 0.29) is 17.0 Å². The van der Waals surface area contributed by atoms with Crippen LogP contribution in [0.5, 0.6) is 5.75 Å². The maximum atomic E-state index is 5.32. The molecule has 0 fully saturated rings. The minimum Gasteiger partial charge on any atom is -1.00 e. The molecule has 0 aliphatic carbocycles. The van der Waals surface area contributed by atoms with Crippen LogP contribution in [-0.4, -0.2) is 12.1 Å². The molecule has 3 nitrogen and oxygen atoms in total. The Morgan fingerprint density at radius 2 is 2.12 bits per heavy atom. The van der Waals surface area contributed by atoms with Gasteiger partial charge in [-0.25, -0.2) is 4.57 Å². The van der Waals surface area contributed by atoms with E-state index in [9.17, 15) is 0 Å². The molecule has 0 spiro atoms. The number of methoxy groups -OCH3 is 1. The Balaban J connectivity index is 0.00000144. The molecule has 0 bridgehead atoms. The van der Waals surface area contributed by atoms with E-state index in [1.165, 1.54) is 5.56 Å². The first-order chi connectivity index (χ1) is 7.90. The highest BCUT2D eigenvalue weighted by atomic mass is 79.9. The predicted octanol–water partition coefficient (Wildman–Crippen LogP) is -1.05. The average Bonchev–Trinajstić information content (AvgIpc) is 2.83. The molecule has 1 aromatic carbocycles. The molecule has 1 aromatic heterocycles. The zero-order chi connectivity index (χ0) is 11.2. The summed E-state index contributed by atoms with van der Waals surface area (Å²) < 4.78 is 7.47. The first kappa shape index (κ1) is 13.8. The molecule has 0 aliphatic rings. The summed E-state index contributed by atoms with van der Waals surface area (Å²) in [5, 5.41) is 0. The molecule has 0 radical (unpaired) electrons. The predicted molar refractivity (Wildman–Crippen MR) is 62.3 cm³/mol. The molecule has 0 saturated carbocycles. The summed E-state index contributed by atoms with van der Waals surface area (Å²) in [5.41, 5.74) is 1.28. The first-order valence-corrected chi connectivity index (χ1v) is 5.54. The number of imidazole rings is 1. The van der Waals surface area contributed by atoms with Crippen LogP contribution in [0.25, 0.3) is 0 Å². The van der Waals surface area contributed by atoms with E-state index in [1.807, 2.05) is 30.9 Å². The Labute approximate surface area is 112 Å². The van der Waals surface area contributed by atoms with Crippen molar-refractivity contribution >= 4 is 0 Å². The quantitative estimate of drug-likeness (QED) is 0.701. The van der Waals surface area contributed by atoms with Crippen molar-refractivity contribution in [1.29, 1.82) is 0 Å². The number of aryl methyl sites for hydroxylation is 2. The maximum absolute atomic E-state index is 5.32. The number of nitrogens with zero attached hydrogens (tertiary/aromatic N) is 1. The highest BCUT2D eigenvalue weighted by Gasteiger charge is 2.02. The molecule has 0 amide bonds. The number of H-pyrrole nitrogens is 1. The van der Waals surface area contributed by atoms with Crippen molar-refractivity contribution in [2.24, 2.45) is 0 Å². The largest absolute Gasteiger partial charge is 1.00 e. The van der Waals surface area contributed by atoms with Gasteiger partial charge in [-0.3, -0.25) is 4.98 Å². The molecule has 1 heterocycles. The molecule has 17 heavy (non-hydrogen) atoms. The van der Waals surface area contributed by atoms with Crippen LogP contribution in [0, 0.1) is 0 Å². The van der Waals surface area contributed by atoms with E-state index in [0.29, 0.717) is 0 Å². The van der Waals surface area contributed by atoms with Gasteiger partial charge in [0.15, 0.2) is 0 Å². The van der Waals surface area contributed by atoms with E-state index in [1.54, 1.807) is 7.11 Å². The Kier molecular flexibility index (Phi) is 5.77. The Morgan fingerprint density at radius 1 is 1.29 bits per heavy atom. The standard InChI is InChI=1S/C13H16N2O.BrH/c1-16-13-7-3-2-5-12(13)6-4-9-15-10-8-14-11-15;/h2-3,5,7-8,10-11H,4,6,9H2,1H3;1H. The fourth-order valence-corrected chi connectivity index (χ4v) is 1.82. The SMILES string of the molecule is COc1ccccc1CCC[n+]1cc[nH]c1.[Br-]. The van der Waals surface area contributed by atoms with E-state index < -0.39 is 0 Å². The van der Waals surface area contributed by atoms with Crippen molar-refractivity contribution < 1.29 is 26.3 Å². The molecule has 2 rings (SSSR count). The number of hydrogen-bond donors (Lipinski definition) is 1. The number of para-hydroxylation sites is 1. The van der Waals surface area contributed by atoms with E-state index >= 15 is 0 Å². The highest BCUT2D eigenvalue weighted by Crippen LogP contribution is 2.18. The number of rotatable bonds is 5. The molecule has 0 unspecified atom stereocenters. The van der Waals surface area contributed by atoms with Crippen LogP contribution in [0.3, 0.4) is 0 Å². The molecular weight excluding hydrogens is 280 g/mol. The van der Waals surface area contributed by atoms with Crippen molar-refractivity contribution in [3.05, 3.63) is 48.5 Å². The monoisotopic (exact) mass is 296 g/mol. The van der Waals surface area contributed by atoms with Crippen molar-refractivity contribution in [2.45, 2.75) is 19.4 Å². The zero-order valence-electron chi connectivity index (χ0n) is 9.90. The molecule has 4 heteroatoms. The number of halogens is 1. The second kappa shape index (κ2) is 7.12. The lowest BCUT2D eigenvalue weighted by Crippen LogP contribution is -3.00. The Bertz CT molecular complexity index is 429. The van der Waals surface area contributed by atoms with Crippen LogP contribution < -0.4 is 26.3 Å². The van der Waals surface area contributed by atoms with E-state index in [4.69, 9.17) is 4.74 Å². The van der Waals surface area contributed by atoms with Crippen molar-refractivity contribution in [3.63, 3.8) is 0 Å². The lowest BCUT2D eigenvalue weighted by Gasteiger charge is -2.06. The summed E-state index contributed by atoms with van der Waals surface area (Å²) >= 11 is 0. The third-order valence-electron chi connectivity index (χ3n) is 2.66. The van der Waals surface area contributed by atoms with E-state index in [0.717, 1.165) is 25.1 Å². The van der Waals surface area contributed by atoms with Gasteiger partial charge >= 0.3 is 0 Å². The first-order valence-electron chi connectivity index (χ1n) is 5.54. The fraction of sp³-hybridized carbons (Fsp3) is 0.308. The van der Waals surface area contributed by atoms with Gasteiger partial charge in [-0.05, 0) is 24.5 Å². The average molecular weight is 297 g/mol. The number of ether oxygens (including phenoxy) is 1. The molecule has 0 saturated heterocycles. The second-order valence-corrected chi connectivity index (χ2v) is 3.76. The van der Waals surface area contributed by atoms with Crippen LogP contribution in [-0.2, 0) is 13.0 Å². The lowest BCUT2D eigenvalue weighted by atomic mass is 10.1. The van der Waals surface area contributed by atoms with Gasteiger partial charge < -0.3 is 21.7 Å². The summed E-state index contributed by atoms with van der Waals surface area (Å²) in [6.45, 7) is 1.03. The maximum Gasteiger partial charge on any atom is 0.241 e. The minimum absolute atomic E-state index is 0. The van der Waals surface area contributed by atoms with Crippen LogP contribution in [0.1, 0.15) is 12.0 Å². The van der Waals surface area contributed by atoms with Gasteiger partial charge in [-0.1, -0.05) is 18.2 Å². The zero-order valence-corrected chi connectivity index (χ0v) is 11.5. The number of benzene rings is 1. The fourth-order valence-electron chi connectivity index (χ4n) is 1.82. The Hall–Kier alpha value is -1.29. The van der Waals surface area contributed by atoms with Crippen molar-refractivity contribution in [1.82, 2.24) is 4.98 Å². The molecule has 0 atom stereocenters. The minimum atomic E-state index is 0. The molecule has 1 N–H and O–H groups in total. The molecular formula is C13H17BrN2O. The van der Waals surface area contributed by atoms with Crippen LogP contribution >= 0.6 is 0 Å². The molecule has 92 valence electrons. The number of aromatic nitrogens is 2. The van der Waals surface area contributed by atoms with Gasteiger partial charge in [-0.15, -0.1) is 0 Å². The summed E-state index contributed by atoms with van der Waals surface area (Å²) in [7, 11) is 1.72. The summed E-state index contributed by atoms with van der Waals surface area (Å²) in [6, 6.07) is 8.20. The van der Waals surface area contributed by atoms with Crippen molar-refractivity contribution in [2.75, 3.05) is 7.11 Å². The number of nitrogens with one attached hydrogen (secondary N) is 1. The topological polar surface area (TPSA) is 28.9 Å². The summed E-state index contributed by atoms with van der Waals surface area (Å²) in [5.74, 6) is 0.988. The number of hydrogen-bond acceptors (Lipinski definition) is 1. The van der Waals surface area contributed by atoms with Gasteiger partial charge in [0.05, 0.1) is 13.7 Å². The summed E-state index contributed by atoms with van der Waals surface area (Å²) in [4.78, 5) is 3.04. The van der Waals surface area contributed by atoms with E-state index in [2.05, 4.69) is 21.7 Å². The lowest BCUT2D eigenvalue weighted by molar-refractivity contribution is -0.696. The van der Waals surface area contributed by atoms with Crippen LogP contribution in [0.4, 0.5) is 0 Å². The smallest absolute Gasteiger partial charge is 0.241 e. The normalized spacial score (nSPS) is 9.71. The van der Waals surface area contributed by atoms with Gasteiger partial charge in [-0.2, -0.15) is 0 Å². The van der Waals surface area contributed by atoms with Crippen molar-refractivity contribution in [3.8, 4) is 5.75 Å². The Morgan fingerprint density at radius 3 is 2.82 bits per heavy atom. The van der Waals surface area contributed by atoms with Gasteiger partial charge in [0.2, 0.25) is 6.33 Å².